The van der Waals surface area contributed by atoms with Crippen molar-refractivity contribution in [2.75, 3.05) is 38.2 Å². The van der Waals surface area contributed by atoms with Crippen LogP contribution in [-0.4, -0.2) is 49.6 Å². The van der Waals surface area contributed by atoms with Crippen LogP contribution in [0.5, 0.6) is 0 Å². The Balaban J connectivity index is 1.51. The maximum absolute atomic E-state index is 12.0. The van der Waals surface area contributed by atoms with Gasteiger partial charge in [-0.1, -0.05) is 29.4 Å². The SMILES string of the molecule is Cc1ccc(NC(=O)CO/N=C(/N)c2cccc(CN3CCOCC3)c2)cc1C. The van der Waals surface area contributed by atoms with Gasteiger partial charge in [0.2, 0.25) is 0 Å². The van der Waals surface area contributed by atoms with Crippen LogP contribution in [0.25, 0.3) is 0 Å². The van der Waals surface area contributed by atoms with Crippen molar-refractivity contribution in [1.82, 2.24) is 4.90 Å². The number of ether oxygens (including phenoxy) is 1. The highest BCUT2D eigenvalue weighted by atomic mass is 16.6. The number of carbonyl (C=O) groups is 1. The zero-order valence-corrected chi connectivity index (χ0v) is 17.0. The van der Waals surface area contributed by atoms with Crippen LogP contribution in [0, 0.1) is 13.8 Å². The lowest BCUT2D eigenvalue weighted by molar-refractivity contribution is -0.120. The molecule has 0 saturated carbocycles. The van der Waals surface area contributed by atoms with Gasteiger partial charge >= 0.3 is 0 Å². The maximum Gasteiger partial charge on any atom is 0.265 e. The molecule has 1 saturated heterocycles. The molecule has 1 aliphatic heterocycles. The number of nitrogens with one attached hydrogen (secondary N) is 1. The molecule has 0 aromatic heterocycles. The first-order valence-electron chi connectivity index (χ1n) is 9.73. The molecule has 0 bridgehead atoms. The standard InChI is InChI=1S/C22H28N4O3/c1-16-6-7-20(12-17(16)2)24-21(27)15-29-25-22(23)19-5-3-4-18(13-19)14-26-8-10-28-11-9-26/h3-7,12-13H,8-11,14-15H2,1-2H3,(H2,23,25)(H,24,27). The molecule has 0 unspecified atom stereocenters. The predicted octanol–water partition coefficient (Wildman–Crippen LogP) is 2.41. The number of nitrogens with two attached hydrogens (primary N) is 1. The monoisotopic (exact) mass is 396 g/mol. The molecule has 2 aromatic rings. The lowest BCUT2D eigenvalue weighted by Crippen LogP contribution is -2.35. The molecule has 7 nitrogen and oxygen atoms in total. The minimum absolute atomic E-state index is 0.207. The van der Waals surface area contributed by atoms with Crippen molar-refractivity contribution in [3.63, 3.8) is 0 Å². The number of amides is 1. The third kappa shape index (κ3) is 6.30. The van der Waals surface area contributed by atoms with E-state index in [1.807, 2.05) is 50.2 Å². The Hall–Kier alpha value is -2.90. The number of hydrogen-bond donors (Lipinski definition) is 2. The van der Waals surface area contributed by atoms with Gasteiger partial charge in [-0.2, -0.15) is 0 Å². The number of aryl methyl sites for hydroxylation is 2. The van der Waals surface area contributed by atoms with Crippen molar-refractivity contribution in [3.8, 4) is 0 Å². The van der Waals surface area contributed by atoms with Crippen molar-refractivity contribution in [2.24, 2.45) is 10.9 Å². The molecule has 154 valence electrons. The average Bonchev–Trinajstić information content (AvgIpc) is 2.71. The third-order valence-electron chi connectivity index (χ3n) is 4.88. The second kappa shape index (κ2) is 10.0. The van der Waals surface area contributed by atoms with Crippen LogP contribution in [0.1, 0.15) is 22.3 Å². The molecule has 1 heterocycles. The Morgan fingerprint density at radius 2 is 1.97 bits per heavy atom. The molecule has 3 N–H and O–H groups in total. The number of rotatable bonds is 7. The second-order valence-corrected chi connectivity index (χ2v) is 7.19. The molecule has 3 rings (SSSR count). The zero-order chi connectivity index (χ0) is 20.6. The van der Waals surface area contributed by atoms with Crippen LogP contribution in [-0.2, 0) is 20.9 Å². The predicted molar refractivity (Wildman–Crippen MR) is 114 cm³/mol. The summed E-state index contributed by atoms with van der Waals surface area (Å²) in [4.78, 5) is 19.5. The van der Waals surface area contributed by atoms with Crippen molar-refractivity contribution in [1.29, 1.82) is 0 Å². The third-order valence-corrected chi connectivity index (χ3v) is 4.88. The number of benzene rings is 2. The summed E-state index contributed by atoms with van der Waals surface area (Å²) in [5.41, 5.74) is 11.0. The summed E-state index contributed by atoms with van der Waals surface area (Å²) in [5.74, 6) is -0.0429. The number of nitrogens with zero attached hydrogens (tertiary/aromatic N) is 2. The number of anilines is 1. The van der Waals surface area contributed by atoms with E-state index < -0.39 is 0 Å². The molecule has 7 heteroatoms. The summed E-state index contributed by atoms with van der Waals surface area (Å²) in [5, 5.41) is 6.68. The number of carbonyl (C=O) groups excluding carboxylic acids is 1. The quantitative estimate of drug-likeness (QED) is 0.426. The smallest absolute Gasteiger partial charge is 0.265 e. The van der Waals surface area contributed by atoms with Crippen LogP contribution in [0.2, 0.25) is 0 Å². The minimum Gasteiger partial charge on any atom is -0.384 e. The Morgan fingerprint density at radius 3 is 2.72 bits per heavy atom. The Kier molecular flexibility index (Phi) is 7.21. The van der Waals surface area contributed by atoms with Crippen molar-refractivity contribution in [2.45, 2.75) is 20.4 Å². The van der Waals surface area contributed by atoms with Gasteiger partial charge in [-0.15, -0.1) is 0 Å². The largest absolute Gasteiger partial charge is 0.384 e. The first kappa shape index (κ1) is 20.8. The van der Waals surface area contributed by atoms with Gasteiger partial charge < -0.3 is 20.6 Å². The highest BCUT2D eigenvalue weighted by Crippen LogP contribution is 2.14. The minimum atomic E-state index is -0.286. The van der Waals surface area contributed by atoms with E-state index in [0.29, 0.717) is 0 Å². The van der Waals surface area contributed by atoms with Gasteiger partial charge in [0.15, 0.2) is 12.4 Å². The highest BCUT2D eigenvalue weighted by Gasteiger charge is 2.11. The fourth-order valence-corrected chi connectivity index (χ4v) is 3.08. The first-order chi connectivity index (χ1) is 14.0. The van der Waals surface area contributed by atoms with Gasteiger partial charge in [0.25, 0.3) is 5.91 Å². The van der Waals surface area contributed by atoms with E-state index in [1.165, 1.54) is 5.56 Å². The molecular weight excluding hydrogens is 368 g/mol. The summed E-state index contributed by atoms with van der Waals surface area (Å²) in [6.45, 7) is 8.03. The van der Waals surface area contributed by atoms with Crippen molar-refractivity contribution in [3.05, 3.63) is 64.7 Å². The number of hydrogen-bond acceptors (Lipinski definition) is 5. The van der Waals surface area contributed by atoms with Gasteiger partial charge in [-0.05, 0) is 48.7 Å². The van der Waals surface area contributed by atoms with E-state index in [0.717, 1.165) is 55.2 Å². The average molecular weight is 396 g/mol. The normalized spacial score (nSPS) is 15.2. The lowest BCUT2D eigenvalue weighted by atomic mass is 10.1. The molecule has 1 aliphatic rings. The molecule has 29 heavy (non-hydrogen) atoms. The molecule has 2 aromatic carbocycles. The summed E-state index contributed by atoms with van der Waals surface area (Å²) in [6.07, 6.45) is 0. The van der Waals surface area contributed by atoms with Crippen LogP contribution in [0.15, 0.2) is 47.6 Å². The van der Waals surface area contributed by atoms with Gasteiger partial charge in [0.1, 0.15) is 0 Å². The van der Waals surface area contributed by atoms with Gasteiger partial charge in [-0.3, -0.25) is 9.69 Å². The molecule has 0 atom stereocenters. The van der Waals surface area contributed by atoms with Crippen LogP contribution < -0.4 is 11.1 Å². The highest BCUT2D eigenvalue weighted by molar-refractivity contribution is 5.97. The fourth-order valence-electron chi connectivity index (χ4n) is 3.08. The second-order valence-electron chi connectivity index (χ2n) is 7.19. The Labute approximate surface area is 171 Å². The summed E-state index contributed by atoms with van der Waals surface area (Å²) in [6, 6.07) is 13.6. The molecule has 0 radical (unpaired) electrons. The summed E-state index contributed by atoms with van der Waals surface area (Å²) in [7, 11) is 0. The van der Waals surface area contributed by atoms with Crippen molar-refractivity contribution >= 4 is 17.4 Å². The van der Waals surface area contributed by atoms with Gasteiger partial charge in [0.05, 0.1) is 13.2 Å². The van der Waals surface area contributed by atoms with Crippen LogP contribution in [0.3, 0.4) is 0 Å². The number of oxime groups is 1. The fraction of sp³-hybridized carbons (Fsp3) is 0.364. The number of morpholine rings is 1. The molecule has 0 spiro atoms. The summed E-state index contributed by atoms with van der Waals surface area (Å²) < 4.78 is 5.38. The Bertz CT molecular complexity index is 876. The van der Waals surface area contributed by atoms with E-state index in [2.05, 4.69) is 21.4 Å². The topological polar surface area (TPSA) is 89.2 Å². The maximum atomic E-state index is 12.0. The molecule has 1 fully saturated rings. The van der Waals surface area contributed by atoms with Gasteiger partial charge in [-0.25, -0.2) is 0 Å². The van der Waals surface area contributed by atoms with E-state index >= 15 is 0 Å². The first-order valence-corrected chi connectivity index (χ1v) is 9.73. The van der Waals surface area contributed by atoms with Crippen molar-refractivity contribution < 1.29 is 14.4 Å². The zero-order valence-electron chi connectivity index (χ0n) is 17.0. The number of amidine groups is 1. The van der Waals surface area contributed by atoms with E-state index in [4.69, 9.17) is 15.3 Å². The lowest BCUT2D eigenvalue weighted by Gasteiger charge is -2.26. The Morgan fingerprint density at radius 1 is 1.17 bits per heavy atom. The van der Waals surface area contributed by atoms with E-state index in [1.54, 1.807) is 0 Å². The van der Waals surface area contributed by atoms with E-state index in [9.17, 15) is 4.79 Å². The van der Waals surface area contributed by atoms with Gasteiger partial charge in [0, 0.05) is 30.9 Å². The molecule has 0 aliphatic carbocycles. The molecule has 1 amide bonds. The van der Waals surface area contributed by atoms with E-state index in [-0.39, 0.29) is 18.3 Å². The van der Waals surface area contributed by atoms with Crippen LogP contribution >= 0.6 is 0 Å². The van der Waals surface area contributed by atoms with Crippen LogP contribution in [0.4, 0.5) is 5.69 Å². The molecular formula is C22H28N4O3. The summed E-state index contributed by atoms with van der Waals surface area (Å²) >= 11 is 0.